The van der Waals surface area contributed by atoms with Gasteiger partial charge >= 0.3 is 0 Å². The lowest BCUT2D eigenvalue weighted by Gasteiger charge is -2.16. The van der Waals surface area contributed by atoms with Gasteiger partial charge < -0.3 is 15.3 Å². The third-order valence-corrected chi connectivity index (χ3v) is 2.33. The second-order valence-electron chi connectivity index (χ2n) is 3.59. The summed E-state index contributed by atoms with van der Waals surface area (Å²) in [4.78, 5) is 0. The minimum atomic E-state index is -0.729. The third kappa shape index (κ3) is 1.89. The van der Waals surface area contributed by atoms with Crippen LogP contribution in [-0.4, -0.2) is 15.3 Å². The lowest BCUT2D eigenvalue weighted by molar-refractivity contribution is 0.184. The van der Waals surface area contributed by atoms with Crippen LogP contribution < -0.4 is 0 Å². The first kappa shape index (κ1) is 11.0. The molecule has 3 heteroatoms. The highest BCUT2D eigenvalue weighted by molar-refractivity contribution is 5.47. The highest BCUT2D eigenvalue weighted by Gasteiger charge is 2.16. The Morgan fingerprint density at radius 3 is 2.07 bits per heavy atom. The molecule has 3 N–H and O–H groups in total. The predicted octanol–water partition coefficient (Wildman–Crippen LogP) is 1.81. The Kier molecular flexibility index (Phi) is 3.13. The van der Waals surface area contributed by atoms with E-state index in [1.54, 1.807) is 26.0 Å². The lowest BCUT2D eigenvalue weighted by Crippen LogP contribution is -2.00. The normalized spacial score (nSPS) is 15.2. The number of benzene rings is 1. The fourth-order valence-electron chi connectivity index (χ4n) is 1.59. The van der Waals surface area contributed by atoms with Crippen molar-refractivity contribution in [3.63, 3.8) is 0 Å². The van der Waals surface area contributed by atoms with Gasteiger partial charge in [0.25, 0.3) is 0 Å². The van der Waals surface area contributed by atoms with E-state index < -0.39 is 12.2 Å². The molecule has 0 heterocycles. The van der Waals surface area contributed by atoms with Gasteiger partial charge in [-0.25, -0.2) is 0 Å². The summed E-state index contributed by atoms with van der Waals surface area (Å²) in [5.41, 5.74) is 1.76. The van der Waals surface area contributed by atoms with Gasteiger partial charge in [0.05, 0.1) is 12.2 Å². The first-order chi connectivity index (χ1) is 6.45. The molecule has 14 heavy (non-hydrogen) atoms. The standard InChI is InChI=1S/C11H16O3/c1-6-4-5-9(7(2)12)11(14)10(6)8(3)13/h4-5,7-8,12-14H,1-3H3. The summed E-state index contributed by atoms with van der Waals surface area (Å²) in [7, 11) is 0. The number of aliphatic hydroxyl groups excluding tert-OH is 2. The molecule has 1 rings (SSSR count). The van der Waals surface area contributed by atoms with Crippen molar-refractivity contribution in [2.75, 3.05) is 0 Å². The largest absolute Gasteiger partial charge is 0.507 e. The number of aliphatic hydroxyl groups is 2. The van der Waals surface area contributed by atoms with Crippen LogP contribution >= 0.6 is 0 Å². The third-order valence-electron chi connectivity index (χ3n) is 2.33. The van der Waals surface area contributed by atoms with Crippen molar-refractivity contribution in [2.45, 2.75) is 33.0 Å². The number of aromatic hydroxyl groups is 1. The molecule has 0 aliphatic heterocycles. The highest BCUT2D eigenvalue weighted by atomic mass is 16.3. The topological polar surface area (TPSA) is 60.7 Å². The number of rotatable bonds is 2. The van der Waals surface area contributed by atoms with E-state index in [4.69, 9.17) is 0 Å². The predicted molar refractivity (Wildman–Crippen MR) is 54.1 cm³/mol. The molecule has 0 aliphatic carbocycles. The van der Waals surface area contributed by atoms with Crippen molar-refractivity contribution in [2.24, 2.45) is 0 Å². The molecule has 0 bridgehead atoms. The van der Waals surface area contributed by atoms with Gasteiger partial charge in [0.2, 0.25) is 0 Å². The van der Waals surface area contributed by atoms with Crippen molar-refractivity contribution < 1.29 is 15.3 Å². The minimum Gasteiger partial charge on any atom is -0.507 e. The fourth-order valence-corrected chi connectivity index (χ4v) is 1.59. The Morgan fingerprint density at radius 1 is 1.07 bits per heavy atom. The SMILES string of the molecule is Cc1ccc(C(C)O)c(O)c1C(C)O. The summed E-state index contributed by atoms with van der Waals surface area (Å²) in [6, 6.07) is 3.45. The number of phenolic OH excluding ortho intramolecular Hbond substituents is 1. The minimum absolute atomic E-state index is 0.00463. The molecule has 1 aromatic carbocycles. The summed E-state index contributed by atoms with van der Waals surface area (Å²) >= 11 is 0. The average molecular weight is 196 g/mol. The molecule has 3 nitrogen and oxygen atoms in total. The van der Waals surface area contributed by atoms with E-state index in [0.717, 1.165) is 5.56 Å². The van der Waals surface area contributed by atoms with Crippen molar-refractivity contribution in [1.82, 2.24) is 0 Å². The quantitative estimate of drug-likeness (QED) is 0.676. The number of aryl methyl sites for hydroxylation is 1. The lowest BCUT2D eigenvalue weighted by atomic mass is 9.97. The molecule has 78 valence electrons. The van der Waals surface area contributed by atoms with Gasteiger partial charge in [-0.3, -0.25) is 0 Å². The Hall–Kier alpha value is -1.06. The van der Waals surface area contributed by atoms with Gasteiger partial charge in [-0.2, -0.15) is 0 Å². The number of hydrogen-bond acceptors (Lipinski definition) is 3. The van der Waals surface area contributed by atoms with Gasteiger partial charge in [-0.05, 0) is 26.3 Å². The highest BCUT2D eigenvalue weighted by Crippen LogP contribution is 2.33. The van der Waals surface area contributed by atoms with Gasteiger partial charge in [-0.1, -0.05) is 12.1 Å². The van der Waals surface area contributed by atoms with E-state index in [1.165, 1.54) is 0 Å². The van der Waals surface area contributed by atoms with Crippen LogP contribution in [0.3, 0.4) is 0 Å². The smallest absolute Gasteiger partial charge is 0.127 e. The van der Waals surface area contributed by atoms with E-state index in [1.807, 2.05) is 6.92 Å². The van der Waals surface area contributed by atoms with Crippen LogP contribution in [0.25, 0.3) is 0 Å². The molecule has 0 saturated carbocycles. The molecule has 2 unspecified atom stereocenters. The summed E-state index contributed by atoms with van der Waals surface area (Å²) < 4.78 is 0. The van der Waals surface area contributed by atoms with Crippen molar-refractivity contribution in [3.05, 3.63) is 28.8 Å². The van der Waals surface area contributed by atoms with E-state index in [-0.39, 0.29) is 5.75 Å². The van der Waals surface area contributed by atoms with Crippen molar-refractivity contribution in [3.8, 4) is 5.75 Å². The zero-order valence-electron chi connectivity index (χ0n) is 8.65. The van der Waals surface area contributed by atoms with Crippen LogP contribution in [0.5, 0.6) is 5.75 Å². The van der Waals surface area contributed by atoms with Crippen LogP contribution in [0.1, 0.15) is 42.7 Å². The zero-order valence-corrected chi connectivity index (χ0v) is 8.65. The molecule has 0 amide bonds. The van der Waals surface area contributed by atoms with Gasteiger partial charge in [-0.15, -0.1) is 0 Å². The Balaban J connectivity index is 3.34. The van der Waals surface area contributed by atoms with Gasteiger partial charge in [0, 0.05) is 11.1 Å². The molecule has 2 atom stereocenters. The molecule has 0 fully saturated rings. The molecular formula is C11H16O3. The maximum atomic E-state index is 9.79. The van der Waals surface area contributed by atoms with E-state index in [2.05, 4.69) is 0 Å². The number of hydrogen-bond donors (Lipinski definition) is 3. The summed E-state index contributed by atoms with van der Waals surface area (Å²) in [5.74, 6) is -0.00463. The van der Waals surface area contributed by atoms with E-state index in [0.29, 0.717) is 11.1 Å². The van der Waals surface area contributed by atoms with E-state index >= 15 is 0 Å². The average Bonchev–Trinajstić information content (AvgIpc) is 2.02. The maximum Gasteiger partial charge on any atom is 0.127 e. The molecular weight excluding hydrogens is 180 g/mol. The summed E-state index contributed by atoms with van der Waals surface area (Å²) in [5, 5.41) is 28.6. The molecule has 1 aromatic rings. The first-order valence-electron chi connectivity index (χ1n) is 4.63. The Morgan fingerprint density at radius 2 is 1.64 bits per heavy atom. The van der Waals surface area contributed by atoms with Gasteiger partial charge in [0.15, 0.2) is 0 Å². The Bertz CT molecular complexity index is 330. The van der Waals surface area contributed by atoms with Crippen molar-refractivity contribution in [1.29, 1.82) is 0 Å². The monoisotopic (exact) mass is 196 g/mol. The maximum absolute atomic E-state index is 9.79. The van der Waals surface area contributed by atoms with Crippen LogP contribution in [0.15, 0.2) is 12.1 Å². The van der Waals surface area contributed by atoms with Crippen LogP contribution in [-0.2, 0) is 0 Å². The molecule has 0 spiro atoms. The molecule has 0 saturated heterocycles. The Labute approximate surface area is 83.6 Å². The molecule has 0 radical (unpaired) electrons. The molecule has 0 aromatic heterocycles. The van der Waals surface area contributed by atoms with Gasteiger partial charge in [0.1, 0.15) is 5.75 Å². The zero-order chi connectivity index (χ0) is 10.9. The summed E-state index contributed by atoms with van der Waals surface area (Å²) in [6.45, 7) is 4.98. The van der Waals surface area contributed by atoms with Crippen LogP contribution in [0.2, 0.25) is 0 Å². The second kappa shape index (κ2) is 3.98. The van der Waals surface area contributed by atoms with Crippen molar-refractivity contribution >= 4 is 0 Å². The summed E-state index contributed by atoms with van der Waals surface area (Å²) in [6.07, 6.45) is -1.46. The first-order valence-corrected chi connectivity index (χ1v) is 4.63. The van der Waals surface area contributed by atoms with E-state index in [9.17, 15) is 15.3 Å². The van der Waals surface area contributed by atoms with Crippen LogP contribution in [0.4, 0.5) is 0 Å². The number of phenols is 1. The fraction of sp³-hybridized carbons (Fsp3) is 0.455. The van der Waals surface area contributed by atoms with Crippen LogP contribution in [0, 0.1) is 6.92 Å². The molecule has 0 aliphatic rings. The second-order valence-corrected chi connectivity index (χ2v) is 3.59.